The number of fused-ring (bicyclic) bond motifs is 2. The van der Waals surface area contributed by atoms with Gasteiger partial charge in [-0.1, -0.05) is 0 Å². The number of ether oxygens (including phenoxy) is 1. The minimum atomic E-state index is -3.80. The van der Waals surface area contributed by atoms with Gasteiger partial charge in [0.05, 0.1) is 23.5 Å². The number of hydrogen-bond acceptors (Lipinski definition) is 5. The number of carboxylic acid groups (broad SMARTS) is 1. The lowest BCUT2D eigenvalue weighted by Crippen LogP contribution is -2.38. The van der Waals surface area contributed by atoms with E-state index < -0.39 is 33.9 Å². The first-order chi connectivity index (χ1) is 11.3. The van der Waals surface area contributed by atoms with Gasteiger partial charge in [0.2, 0.25) is 10.0 Å². The number of benzene rings is 1. The van der Waals surface area contributed by atoms with E-state index >= 15 is 0 Å². The molecule has 24 heavy (non-hydrogen) atoms. The van der Waals surface area contributed by atoms with E-state index in [0.29, 0.717) is 24.8 Å². The van der Waals surface area contributed by atoms with Gasteiger partial charge in [0, 0.05) is 12.1 Å². The van der Waals surface area contributed by atoms with Crippen LogP contribution in [0.25, 0.3) is 0 Å². The second-order valence-electron chi connectivity index (χ2n) is 6.29. The van der Waals surface area contributed by atoms with Crippen molar-refractivity contribution in [3.8, 4) is 0 Å². The number of nitrogens with zero attached hydrogens (tertiary/aromatic N) is 1. The molecule has 0 aliphatic carbocycles. The second-order valence-corrected chi connectivity index (χ2v) is 8.10. The van der Waals surface area contributed by atoms with Crippen LogP contribution in [0.2, 0.25) is 0 Å². The fourth-order valence-electron chi connectivity index (χ4n) is 3.88. The lowest BCUT2D eigenvalue weighted by atomic mass is 9.89. The Balaban J connectivity index is 1.97. The number of rotatable bonds is 4. The van der Waals surface area contributed by atoms with Gasteiger partial charge in [0.25, 0.3) is 0 Å². The Kier molecular flexibility index (Phi) is 4.13. The lowest BCUT2D eigenvalue weighted by molar-refractivity contribution is -0.142. The molecule has 2 bridgehead atoms. The Morgan fingerprint density at radius 1 is 1.29 bits per heavy atom. The number of hydrogen-bond donors (Lipinski definition) is 1. The third kappa shape index (κ3) is 2.50. The number of carboxylic acids is 1. The van der Waals surface area contributed by atoms with Crippen molar-refractivity contribution in [3.05, 3.63) is 29.3 Å². The molecule has 0 radical (unpaired) electrons. The molecule has 1 N–H and O–H groups in total. The molecule has 3 rings (SSSR count). The van der Waals surface area contributed by atoms with Gasteiger partial charge in [-0.05, 0) is 49.9 Å². The van der Waals surface area contributed by atoms with E-state index in [1.807, 2.05) is 0 Å². The summed E-state index contributed by atoms with van der Waals surface area (Å²) in [5.41, 5.74) is 0.720. The van der Waals surface area contributed by atoms with Crippen molar-refractivity contribution >= 4 is 22.0 Å². The normalized spacial score (nSPS) is 26.5. The molecule has 3 atom stereocenters. The standard InChI is InChI=1S/C16H19NO6S/c1-9-7-10(16(20)23-2)3-6-14(9)24(21,22)17-11-4-5-13(17)12(8-11)15(18)19/h3,6-7,11-13H,4-5,8H2,1-2H3,(H,18,19). The summed E-state index contributed by atoms with van der Waals surface area (Å²) in [7, 11) is -2.54. The van der Waals surface area contributed by atoms with E-state index in [2.05, 4.69) is 4.74 Å². The summed E-state index contributed by atoms with van der Waals surface area (Å²) in [5, 5.41) is 9.30. The molecule has 2 aliphatic rings. The SMILES string of the molecule is COC(=O)c1ccc(S(=O)(=O)N2C3CCC2C(C(=O)O)C3)c(C)c1. The molecule has 2 heterocycles. The van der Waals surface area contributed by atoms with Gasteiger partial charge in [-0.3, -0.25) is 4.79 Å². The van der Waals surface area contributed by atoms with Crippen LogP contribution >= 0.6 is 0 Å². The number of aliphatic carboxylic acids is 1. The molecule has 130 valence electrons. The molecule has 0 spiro atoms. The number of carbonyl (C=O) groups excluding carboxylic acids is 1. The molecule has 1 aromatic carbocycles. The minimum Gasteiger partial charge on any atom is -0.481 e. The zero-order valence-corrected chi connectivity index (χ0v) is 14.2. The highest BCUT2D eigenvalue weighted by molar-refractivity contribution is 7.89. The van der Waals surface area contributed by atoms with Crippen molar-refractivity contribution in [2.75, 3.05) is 7.11 Å². The Morgan fingerprint density at radius 2 is 2.00 bits per heavy atom. The van der Waals surface area contributed by atoms with Gasteiger partial charge in [-0.2, -0.15) is 4.31 Å². The highest BCUT2D eigenvalue weighted by Gasteiger charge is 2.54. The van der Waals surface area contributed by atoms with Crippen molar-refractivity contribution in [2.45, 2.75) is 43.2 Å². The summed E-state index contributed by atoms with van der Waals surface area (Å²) in [6.07, 6.45) is 1.62. The van der Waals surface area contributed by atoms with E-state index in [9.17, 15) is 23.1 Å². The van der Waals surface area contributed by atoms with Crippen LogP contribution in [0.15, 0.2) is 23.1 Å². The molecular weight excluding hydrogens is 334 g/mol. The molecule has 7 nitrogen and oxygen atoms in total. The van der Waals surface area contributed by atoms with Gasteiger partial charge >= 0.3 is 11.9 Å². The van der Waals surface area contributed by atoms with E-state index in [0.717, 1.165) is 0 Å². The van der Waals surface area contributed by atoms with E-state index in [-0.39, 0.29) is 16.5 Å². The van der Waals surface area contributed by atoms with Gasteiger partial charge in [0.1, 0.15) is 0 Å². The predicted molar refractivity (Wildman–Crippen MR) is 84.1 cm³/mol. The van der Waals surface area contributed by atoms with Crippen LogP contribution in [0.5, 0.6) is 0 Å². The maximum atomic E-state index is 13.1. The quantitative estimate of drug-likeness (QED) is 0.821. The fraction of sp³-hybridized carbons (Fsp3) is 0.500. The van der Waals surface area contributed by atoms with Crippen LogP contribution in [-0.2, 0) is 19.6 Å². The molecule has 0 saturated carbocycles. The fourth-order valence-corrected chi connectivity index (χ4v) is 6.00. The zero-order chi connectivity index (χ0) is 17.6. The second kappa shape index (κ2) is 5.86. The Bertz CT molecular complexity index is 803. The van der Waals surface area contributed by atoms with Crippen LogP contribution in [-0.4, -0.2) is 49.0 Å². The largest absolute Gasteiger partial charge is 0.481 e. The Labute approximate surface area is 140 Å². The van der Waals surface area contributed by atoms with Crippen molar-refractivity contribution in [1.82, 2.24) is 4.31 Å². The smallest absolute Gasteiger partial charge is 0.337 e. The third-order valence-corrected chi connectivity index (χ3v) is 7.08. The van der Waals surface area contributed by atoms with Crippen LogP contribution in [0.1, 0.15) is 35.2 Å². The predicted octanol–water partition coefficient (Wildman–Crippen LogP) is 1.41. The number of esters is 1. The summed E-state index contributed by atoms with van der Waals surface area (Å²) in [4.78, 5) is 23.0. The Morgan fingerprint density at radius 3 is 2.54 bits per heavy atom. The molecule has 2 aliphatic heterocycles. The number of carbonyl (C=O) groups is 2. The summed E-state index contributed by atoms with van der Waals surface area (Å²) < 4.78 is 32.1. The molecule has 0 aromatic heterocycles. The zero-order valence-electron chi connectivity index (χ0n) is 13.4. The molecule has 0 amide bonds. The topological polar surface area (TPSA) is 101 Å². The van der Waals surface area contributed by atoms with Crippen molar-refractivity contribution in [2.24, 2.45) is 5.92 Å². The molecule has 3 unspecified atom stereocenters. The molecule has 2 saturated heterocycles. The van der Waals surface area contributed by atoms with E-state index in [1.54, 1.807) is 6.92 Å². The van der Waals surface area contributed by atoms with Gasteiger partial charge in [-0.25, -0.2) is 13.2 Å². The Hall–Kier alpha value is -1.93. The highest BCUT2D eigenvalue weighted by Crippen LogP contribution is 2.45. The molecule has 1 aromatic rings. The number of methoxy groups -OCH3 is 1. The van der Waals surface area contributed by atoms with Gasteiger partial charge in [-0.15, -0.1) is 0 Å². The van der Waals surface area contributed by atoms with Crippen LogP contribution in [0.3, 0.4) is 0 Å². The molecule has 2 fully saturated rings. The first-order valence-corrected chi connectivity index (χ1v) is 9.16. The maximum Gasteiger partial charge on any atom is 0.337 e. The lowest BCUT2D eigenvalue weighted by Gasteiger charge is -2.23. The van der Waals surface area contributed by atoms with Gasteiger partial charge in [0.15, 0.2) is 0 Å². The van der Waals surface area contributed by atoms with Crippen LogP contribution in [0.4, 0.5) is 0 Å². The van der Waals surface area contributed by atoms with Gasteiger partial charge < -0.3 is 9.84 Å². The van der Waals surface area contributed by atoms with Crippen LogP contribution in [0, 0.1) is 12.8 Å². The van der Waals surface area contributed by atoms with E-state index in [1.165, 1.54) is 29.6 Å². The van der Waals surface area contributed by atoms with Crippen LogP contribution < -0.4 is 0 Å². The number of aryl methyl sites for hydroxylation is 1. The molecule has 8 heteroatoms. The average molecular weight is 353 g/mol. The molecular formula is C16H19NO6S. The summed E-state index contributed by atoms with van der Waals surface area (Å²) in [6.45, 7) is 1.62. The summed E-state index contributed by atoms with van der Waals surface area (Å²) >= 11 is 0. The maximum absolute atomic E-state index is 13.1. The van der Waals surface area contributed by atoms with Crippen molar-refractivity contribution < 1.29 is 27.9 Å². The highest BCUT2D eigenvalue weighted by atomic mass is 32.2. The average Bonchev–Trinajstić information content (AvgIpc) is 3.12. The first kappa shape index (κ1) is 16.9. The van der Waals surface area contributed by atoms with Crippen molar-refractivity contribution in [1.29, 1.82) is 0 Å². The summed E-state index contributed by atoms with van der Waals surface area (Å²) in [5.74, 6) is -2.12. The number of sulfonamides is 1. The first-order valence-electron chi connectivity index (χ1n) is 7.72. The summed E-state index contributed by atoms with van der Waals surface area (Å²) in [6, 6.07) is 3.53. The third-order valence-electron chi connectivity index (χ3n) is 4.94. The van der Waals surface area contributed by atoms with Crippen molar-refractivity contribution in [3.63, 3.8) is 0 Å². The van der Waals surface area contributed by atoms with E-state index in [4.69, 9.17) is 0 Å². The minimum absolute atomic E-state index is 0.109. The monoisotopic (exact) mass is 353 g/mol.